The largest absolute Gasteiger partial charge is 0.450 e. The summed E-state index contributed by atoms with van der Waals surface area (Å²) in [5.74, 6) is -0.0690. The first kappa shape index (κ1) is 21.9. The van der Waals surface area contributed by atoms with Crippen molar-refractivity contribution in [1.29, 1.82) is 0 Å². The van der Waals surface area contributed by atoms with E-state index in [1.54, 1.807) is 6.92 Å². The van der Waals surface area contributed by atoms with Gasteiger partial charge in [-0.05, 0) is 48.2 Å². The molecule has 1 aromatic heterocycles. The van der Waals surface area contributed by atoms with Gasteiger partial charge in [-0.2, -0.15) is 0 Å². The molecule has 0 spiro atoms. The van der Waals surface area contributed by atoms with E-state index >= 15 is 0 Å². The number of hydrogen-bond donors (Lipinski definition) is 3. The van der Waals surface area contributed by atoms with Gasteiger partial charge in [0.2, 0.25) is 5.91 Å². The Morgan fingerprint density at radius 2 is 1.93 bits per heavy atom. The second-order valence-electron chi connectivity index (χ2n) is 7.36. The summed E-state index contributed by atoms with van der Waals surface area (Å²) in [4.78, 5) is 28.5. The fourth-order valence-corrected chi connectivity index (χ4v) is 3.77. The molecular weight excluding hydrogens is 446 g/mol. The van der Waals surface area contributed by atoms with Gasteiger partial charge in [-0.1, -0.05) is 48.0 Å². The van der Waals surface area contributed by atoms with E-state index in [1.807, 2.05) is 48.7 Å². The maximum absolute atomic E-state index is 13.2. The summed E-state index contributed by atoms with van der Waals surface area (Å²) in [6.07, 6.45) is 1.59. The first-order chi connectivity index (χ1) is 14.4. The number of para-hydroxylation sites is 1. The highest BCUT2D eigenvalue weighted by molar-refractivity contribution is 9.10. The highest BCUT2D eigenvalue weighted by atomic mass is 79.9. The molecule has 1 heterocycles. The molecule has 0 aliphatic rings. The number of H-pyrrole nitrogens is 1. The van der Waals surface area contributed by atoms with Crippen molar-refractivity contribution in [2.75, 3.05) is 11.9 Å². The fraction of sp³-hybridized carbons (Fsp3) is 0.304. The zero-order valence-corrected chi connectivity index (χ0v) is 18.9. The highest BCUT2D eigenvalue weighted by Gasteiger charge is 2.24. The number of fused-ring (bicyclic) bond motifs is 1. The maximum Gasteiger partial charge on any atom is 0.407 e. The molecule has 0 saturated heterocycles. The van der Waals surface area contributed by atoms with Gasteiger partial charge in [0, 0.05) is 33.7 Å². The molecule has 3 N–H and O–H groups in total. The molecule has 0 aliphatic carbocycles. The van der Waals surface area contributed by atoms with Gasteiger partial charge in [-0.15, -0.1) is 0 Å². The summed E-state index contributed by atoms with van der Waals surface area (Å²) in [5, 5.41) is 6.71. The highest BCUT2D eigenvalue weighted by Crippen LogP contribution is 2.28. The fourth-order valence-electron chi connectivity index (χ4n) is 3.39. The lowest BCUT2D eigenvalue weighted by Crippen LogP contribution is -2.45. The molecule has 0 radical (unpaired) electrons. The van der Waals surface area contributed by atoms with Crippen LogP contribution in [0.15, 0.2) is 53.1 Å². The topological polar surface area (TPSA) is 83.2 Å². The number of aromatic nitrogens is 1. The van der Waals surface area contributed by atoms with Gasteiger partial charge < -0.3 is 20.4 Å². The van der Waals surface area contributed by atoms with Crippen LogP contribution in [0.2, 0.25) is 0 Å². The first-order valence-corrected chi connectivity index (χ1v) is 10.8. The van der Waals surface area contributed by atoms with Gasteiger partial charge >= 0.3 is 6.09 Å². The van der Waals surface area contributed by atoms with Crippen LogP contribution in [0.3, 0.4) is 0 Å². The van der Waals surface area contributed by atoms with Crippen molar-refractivity contribution < 1.29 is 14.3 Å². The van der Waals surface area contributed by atoms with Crippen molar-refractivity contribution in [3.8, 4) is 0 Å². The van der Waals surface area contributed by atoms with Crippen LogP contribution >= 0.6 is 15.9 Å². The molecule has 0 unspecified atom stereocenters. The Bertz CT molecular complexity index is 1050. The third kappa shape index (κ3) is 5.21. The molecule has 158 valence electrons. The maximum atomic E-state index is 13.2. The van der Waals surface area contributed by atoms with Gasteiger partial charge in [0.15, 0.2) is 0 Å². The van der Waals surface area contributed by atoms with E-state index in [9.17, 15) is 9.59 Å². The van der Waals surface area contributed by atoms with Gasteiger partial charge in [0.05, 0.1) is 6.61 Å². The number of halogens is 1. The smallest absolute Gasteiger partial charge is 0.407 e. The molecule has 30 heavy (non-hydrogen) atoms. The Kier molecular flexibility index (Phi) is 7.15. The molecule has 2 amide bonds. The summed E-state index contributed by atoms with van der Waals surface area (Å²) in [7, 11) is 0. The Morgan fingerprint density at radius 1 is 1.17 bits per heavy atom. The standard InChI is InChI=1S/C23H26BrN3O3/c1-4-30-23(29)27-21(11-15-13-25-19-8-6-5-7-17(15)19)22(28)26-20-10-9-16(24)12-18(20)14(2)3/h5-10,12-14,21,25H,4,11H2,1-3H3,(H,26,28)(H,27,29)/t21-/m1/s1. The number of anilines is 1. The Morgan fingerprint density at radius 3 is 2.67 bits per heavy atom. The van der Waals surface area contributed by atoms with Crippen LogP contribution in [0.5, 0.6) is 0 Å². The zero-order chi connectivity index (χ0) is 21.7. The molecule has 3 aromatic rings. The third-order valence-electron chi connectivity index (χ3n) is 4.88. The van der Waals surface area contributed by atoms with Crippen molar-refractivity contribution in [2.45, 2.75) is 39.2 Å². The predicted octanol–water partition coefficient (Wildman–Crippen LogP) is 5.35. The molecule has 0 saturated carbocycles. The van der Waals surface area contributed by atoms with Gasteiger partial charge in [0.1, 0.15) is 6.04 Å². The van der Waals surface area contributed by atoms with Crippen molar-refractivity contribution in [1.82, 2.24) is 10.3 Å². The number of amides is 2. The van der Waals surface area contributed by atoms with Crippen LogP contribution in [0, 0.1) is 0 Å². The van der Waals surface area contributed by atoms with E-state index < -0.39 is 12.1 Å². The van der Waals surface area contributed by atoms with E-state index in [-0.39, 0.29) is 18.4 Å². The number of carbonyl (C=O) groups is 2. The lowest BCUT2D eigenvalue weighted by Gasteiger charge is -2.20. The van der Waals surface area contributed by atoms with E-state index in [0.717, 1.165) is 32.2 Å². The number of hydrogen-bond acceptors (Lipinski definition) is 3. The van der Waals surface area contributed by atoms with Crippen molar-refractivity contribution >= 4 is 44.5 Å². The lowest BCUT2D eigenvalue weighted by atomic mass is 10.0. The Hall–Kier alpha value is -2.80. The number of aromatic amines is 1. The Labute approximate surface area is 184 Å². The summed E-state index contributed by atoms with van der Waals surface area (Å²) < 4.78 is 5.96. The van der Waals surface area contributed by atoms with Gasteiger partial charge in [-0.25, -0.2) is 4.79 Å². The molecule has 6 nitrogen and oxygen atoms in total. The summed E-state index contributed by atoms with van der Waals surface area (Å²) in [5.41, 5.74) is 3.67. The number of alkyl carbamates (subject to hydrolysis) is 1. The molecule has 0 aliphatic heterocycles. The van der Waals surface area contributed by atoms with Crippen molar-refractivity contribution in [3.05, 3.63) is 64.3 Å². The van der Waals surface area contributed by atoms with E-state index in [1.165, 1.54) is 0 Å². The monoisotopic (exact) mass is 471 g/mol. The molecule has 0 bridgehead atoms. The van der Waals surface area contributed by atoms with Gasteiger partial charge in [-0.3, -0.25) is 4.79 Å². The SMILES string of the molecule is CCOC(=O)N[C@H](Cc1c[nH]c2ccccc12)C(=O)Nc1ccc(Br)cc1C(C)C. The minimum Gasteiger partial charge on any atom is -0.450 e. The van der Waals surface area contributed by atoms with Crippen LogP contribution < -0.4 is 10.6 Å². The number of ether oxygens (including phenoxy) is 1. The number of rotatable bonds is 7. The minimum absolute atomic E-state index is 0.225. The Balaban J connectivity index is 1.86. The summed E-state index contributed by atoms with van der Waals surface area (Å²) >= 11 is 3.48. The molecular formula is C23H26BrN3O3. The molecule has 3 rings (SSSR count). The summed E-state index contributed by atoms with van der Waals surface area (Å²) in [6, 6.07) is 12.8. The van der Waals surface area contributed by atoms with Crippen LogP contribution in [0.25, 0.3) is 10.9 Å². The third-order valence-corrected chi connectivity index (χ3v) is 5.37. The van der Waals surface area contributed by atoms with Crippen LogP contribution in [-0.4, -0.2) is 29.6 Å². The molecule has 2 aromatic carbocycles. The number of carbonyl (C=O) groups excluding carboxylic acids is 2. The van der Waals surface area contributed by atoms with E-state index in [0.29, 0.717) is 6.42 Å². The van der Waals surface area contributed by atoms with Crippen molar-refractivity contribution in [3.63, 3.8) is 0 Å². The molecule has 7 heteroatoms. The second-order valence-corrected chi connectivity index (χ2v) is 8.27. The zero-order valence-electron chi connectivity index (χ0n) is 17.3. The van der Waals surface area contributed by atoms with Gasteiger partial charge in [0.25, 0.3) is 0 Å². The van der Waals surface area contributed by atoms with Crippen LogP contribution in [0.4, 0.5) is 10.5 Å². The predicted molar refractivity (Wildman–Crippen MR) is 123 cm³/mol. The molecule has 0 fully saturated rings. The van der Waals surface area contributed by atoms with Crippen LogP contribution in [0.1, 0.15) is 37.8 Å². The van der Waals surface area contributed by atoms with Crippen LogP contribution in [-0.2, 0) is 16.0 Å². The number of nitrogens with one attached hydrogen (secondary N) is 3. The summed E-state index contributed by atoms with van der Waals surface area (Å²) in [6.45, 7) is 6.10. The van der Waals surface area contributed by atoms with E-state index in [2.05, 4.69) is 45.4 Å². The lowest BCUT2D eigenvalue weighted by molar-refractivity contribution is -0.118. The first-order valence-electron chi connectivity index (χ1n) is 9.97. The molecule has 1 atom stereocenters. The normalized spacial score (nSPS) is 12.0. The number of benzene rings is 2. The van der Waals surface area contributed by atoms with Crippen molar-refractivity contribution in [2.24, 2.45) is 0 Å². The average molecular weight is 472 g/mol. The average Bonchev–Trinajstić information content (AvgIpc) is 3.12. The van der Waals surface area contributed by atoms with E-state index in [4.69, 9.17) is 4.74 Å². The minimum atomic E-state index is -0.785. The second kappa shape index (κ2) is 9.80. The quantitative estimate of drug-likeness (QED) is 0.434.